The van der Waals surface area contributed by atoms with Gasteiger partial charge in [-0.15, -0.1) is 0 Å². The molecule has 0 aliphatic carbocycles. The molecule has 26 heavy (non-hydrogen) atoms. The third-order valence-electron chi connectivity index (χ3n) is 3.87. The number of hydrogen-bond donors (Lipinski definition) is 3. The predicted octanol–water partition coefficient (Wildman–Crippen LogP) is 1.89. The maximum atomic E-state index is 11.0. The molecule has 0 fully saturated rings. The molecule has 0 heterocycles. The molecule has 6 heteroatoms. The van der Waals surface area contributed by atoms with Crippen LogP contribution in [0.5, 0.6) is 11.5 Å². The topological polar surface area (TPSA) is 93.8 Å². The van der Waals surface area contributed by atoms with Crippen LogP contribution >= 0.6 is 0 Å². The Hall–Kier alpha value is -2.57. The van der Waals surface area contributed by atoms with Crippen molar-refractivity contribution in [1.29, 1.82) is 0 Å². The number of benzene rings is 2. The molecule has 0 saturated heterocycles. The minimum atomic E-state index is -0.619. The number of primary amides is 1. The Kier molecular flexibility index (Phi) is 7.44. The fourth-order valence-electron chi connectivity index (χ4n) is 2.30. The molecule has 2 rings (SSSR count). The fourth-order valence-corrected chi connectivity index (χ4v) is 2.30. The maximum Gasteiger partial charge on any atom is 0.248 e. The number of nitrogens with one attached hydrogen (secondary N) is 1. The van der Waals surface area contributed by atoms with Crippen molar-refractivity contribution < 1.29 is 19.4 Å². The number of aliphatic hydroxyl groups is 1. The number of hydrogen-bond acceptors (Lipinski definition) is 5. The zero-order valence-electron chi connectivity index (χ0n) is 15.1. The third kappa shape index (κ3) is 6.38. The predicted molar refractivity (Wildman–Crippen MR) is 101 cm³/mol. The van der Waals surface area contributed by atoms with Crippen molar-refractivity contribution in [3.63, 3.8) is 0 Å². The molecule has 2 aromatic carbocycles. The number of amides is 1. The number of rotatable bonds is 10. The normalized spacial score (nSPS) is 13.0. The average Bonchev–Trinajstić information content (AvgIpc) is 2.64. The molecule has 140 valence electrons. The number of aliphatic hydroxyl groups excluding tert-OH is 1. The van der Waals surface area contributed by atoms with E-state index in [9.17, 15) is 9.90 Å². The number of ether oxygens (including phenoxy) is 2. The van der Waals surface area contributed by atoms with Gasteiger partial charge in [0.25, 0.3) is 0 Å². The number of para-hydroxylation sites is 1. The molecular formula is C20H26N2O4. The van der Waals surface area contributed by atoms with Crippen molar-refractivity contribution in [2.45, 2.75) is 26.0 Å². The molecule has 0 saturated carbocycles. The Bertz CT molecular complexity index is 703. The lowest BCUT2D eigenvalue weighted by Crippen LogP contribution is -2.39. The van der Waals surface area contributed by atoms with Crippen LogP contribution < -0.4 is 20.5 Å². The van der Waals surface area contributed by atoms with Crippen LogP contribution in [0.25, 0.3) is 0 Å². The lowest BCUT2D eigenvalue weighted by Gasteiger charge is -2.18. The highest BCUT2D eigenvalue weighted by atomic mass is 16.5. The summed E-state index contributed by atoms with van der Waals surface area (Å²) in [5, 5.41) is 13.2. The van der Waals surface area contributed by atoms with Crippen molar-refractivity contribution in [2.75, 3.05) is 19.8 Å². The number of carbonyl (C=O) groups is 1. The molecule has 4 N–H and O–H groups in total. The van der Waals surface area contributed by atoms with Crippen molar-refractivity contribution in [3.05, 3.63) is 59.7 Å². The Labute approximate surface area is 153 Å². The Morgan fingerprint density at radius 3 is 2.46 bits per heavy atom. The van der Waals surface area contributed by atoms with E-state index < -0.39 is 12.0 Å². The second-order valence-electron chi connectivity index (χ2n) is 6.24. The van der Waals surface area contributed by atoms with Crippen LogP contribution in [0.3, 0.4) is 0 Å². The van der Waals surface area contributed by atoms with Crippen LogP contribution in [0.15, 0.2) is 48.5 Å². The molecular weight excluding hydrogens is 332 g/mol. The van der Waals surface area contributed by atoms with E-state index in [4.69, 9.17) is 15.2 Å². The SMILES string of the molecule is Cc1ccccc1OC[C@H](O)CN[C@H](C)COc1ccc(C(N)=O)cc1. The van der Waals surface area contributed by atoms with E-state index >= 15 is 0 Å². The van der Waals surface area contributed by atoms with E-state index in [1.807, 2.05) is 38.1 Å². The summed E-state index contributed by atoms with van der Waals surface area (Å²) in [6.07, 6.45) is -0.619. The number of carbonyl (C=O) groups excluding carboxylic acids is 1. The highest BCUT2D eigenvalue weighted by Gasteiger charge is 2.10. The summed E-state index contributed by atoms with van der Waals surface area (Å²) in [6.45, 7) is 4.99. The van der Waals surface area contributed by atoms with Gasteiger partial charge in [0.2, 0.25) is 5.91 Å². The van der Waals surface area contributed by atoms with Gasteiger partial charge in [-0.2, -0.15) is 0 Å². The second-order valence-corrected chi connectivity index (χ2v) is 6.24. The van der Waals surface area contributed by atoms with Crippen molar-refractivity contribution in [1.82, 2.24) is 5.32 Å². The van der Waals surface area contributed by atoms with Gasteiger partial charge in [-0.1, -0.05) is 18.2 Å². The summed E-state index contributed by atoms with van der Waals surface area (Å²) >= 11 is 0. The molecule has 2 atom stereocenters. The molecule has 6 nitrogen and oxygen atoms in total. The van der Waals surface area contributed by atoms with Crippen molar-refractivity contribution in [2.24, 2.45) is 5.73 Å². The van der Waals surface area contributed by atoms with Gasteiger partial charge in [-0.3, -0.25) is 4.79 Å². The molecule has 1 amide bonds. The molecule has 0 spiro atoms. The summed E-state index contributed by atoms with van der Waals surface area (Å²) in [5.74, 6) is 0.975. The lowest BCUT2D eigenvalue weighted by atomic mass is 10.2. The summed E-state index contributed by atoms with van der Waals surface area (Å²) in [7, 11) is 0. The molecule has 0 aliphatic heterocycles. The third-order valence-corrected chi connectivity index (χ3v) is 3.87. The number of aryl methyl sites for hydroxylation is 1. The first-order chi connectivity index (χ1) is 12.5. The van der Waals surface area contributed by atoms with Gasteiger partial charge in [0.15, 0.2) is 0 Å². The molecule has 0 aromatic heterocycles. The van der Waals surface area contributed by atoms with Crippen LogP contribution in [0.1, 0.15) is 22.8 Å². The maximum absolute atomic E-state index is 11.0. The lowest BCUT2D eigenvalue weighted by molar-refractivity contribution is 0.1000. The number of nitrogens with two attached hydrogens (primary N) is 1. The van der Waals surface area contributed by atoms with Crippen LogP contribution in [0.2, 0.25) is 0 Å². The molecule has 0 aliphatic rings. The molecule has 0 radical (unpaired) electrons. The Balaban J connectivity index is 1.66. The Morgan fingerprint density at radius 1 is 1.12 bits per heavy atom. The van der Waals surface area contributed by atoms with E-state index in [0.29, 0.717) is 24.5 Å². The Morgan fingerprint density at radius 2 is 1.81 bits per heavy atom. The average molecular weight is 358 g/mol. The van der Waals surface area contributed by atoms with Gasteiger partial charge >= 0.3 is 0 Å². The van der Waals surface area contributed by atoms with Gasteiger partial charge in [-0.05, 0) is 49.7 Å². The highest BCUT2D eigenvalue weighted by molar-refractivity contribution is 5.92. The molecule has 0 bridgehead atoms. The van der Waals surface area contributed by atoms with Crippen LogP contribution in [0, 0.1) is 6.92 Å². The van der Waals surface area contributed by atoms with E-state index in [2.05, 4.69) is 5.32 Å². The molecule has 0 unspecified atom stereocenters. The van der Waals surface area contributed by atoms with Gasteiger partial charge in [0.05, 0.1) is 0 Å². The van der Waals surface area contributed by atoms with Crippen LogP contribution in [0.4, 0.5) is 0 Å². The largest absolute Gasteiger partial charge is 0.492 e. The van der Waals surface area contributed by atoms with Gasteiger partial charge in [0, 0.05) is 18.2 Å². The summed E-state index contributed by atoms with van der Waals surface area (Å²) in [5.41, 5.74) is 6.68. The highest BCUT2D eigenvalue weighted by Crippen LogP contribution is 2.16. The van der Waals surface area contributed by atoms with Crippen molar-refractivity contribution in [3.8, 4) is 11.5 Å². The summed E-state index contributed by atoms with van der Waals surface area (Å²) in [6, 6.07) is 14.4. The standard InChI is InChI=1S/C20H26N2O4/c1-14-5-3-4-6-19(14)26-13-17(23)11-22-15(2)12-25-18-9-7-16(8-10-18)20(21)24/h3-10,15,17,22-23H,11-13H2,1-2H3,(H2,21,24)/t15-,17-/m1/s1. The minimum absolute atomic E-state index is 0.0407. The first-order valence-corrected chi connectivity index (χ1v) is 8.58. The second kappa shape index (κ2) is 9.79. The summed E-state index contributed by atoms with van der Waals surface area (Å²) < 4.78 is 11.3. The van der Waals surface area contributed by atoms with Crippen molar-refractivity contribution >= 4 is 5.91 Å². The smallest absolute Gasteiger partial charge is 0.248 e. The first kappa shape index (κ1) is 19.8. The fraction of sp³-hybridized carbons (Fsp3) is 0.350. The zero-order chi connectivity index (χ0) is 18.9. The minimum Gasteiger partial charge on any atom is -0.492 e. The van der Waals surface area contributed by atoms with Gasteiger partial charge in [0.1, 0.15) is 30.8 Å². The van der Waals surface area contributed by atoms with E-state index in [1.165, 1.54) is 0 Å². The van der Waals surface area contributed by atoms with E-state index in [0.717, 1.165) is 11.3 Å². The van der Waals surface area contributed by atoms with Gasteiger partial charge in [-0.25, -0.2) is 0 Å². The quantitative estimate of drug-likeness (QED) is 0.603. The first-order valence-electron chi connectivity index (χ1n) is 8.58. The monoisotopic (exact) mass is 358 g/mol. The van der Waals surface area contributed by atoms with E-state index in [-0.39, 0.29) is 12.6 Å². The molecule has 2 aromatic rings. The summed E-state index contributed by atoms with van der Waals surface area (Å²) in [4.78, 5) is 11.0. The zero-order valence-corrected chi connectivity index (χ0v) is 15.1. The van der Waals surface area contributed by atoms with Crippen LogP contribution in [-0.2, 0) is 0 Å². The van der Waals surface area contributed by atoms with Crippen LogP contribution in [-0.4, -0.2) is 42.9 Å². The van der Waals surface area contributed by atoms with Gasteiger partial charge < -0.3 is 25.6 Å². The van der Waals surface area contributed by atoms with E-state index in [1.54, 1.807) is 24.3 Å².